The van der Waals surface area contributed by atoms with Gasteiger partial charge in [-0.1, -0.05) is 11.8 Å². The van der Waals surface area contributed by atoms with Crippen molar-refractivity contribution < 1.29 is 9.53 Å². The van der Waals surface area contributed by atoms with Gasteiger partial charge in [-0.15, -0.1) is 0 Å². The number of hydrogen-bond acceptors (Lipinski definition) is 3. The first-order chi connectivity index (χ1) is 6.74. The Morgan fingerprint density at radius 2 is 2.43 bits per heavy atom. The van der Waals surface area contributed by atoms with Gasteiger partial charge in [0.1, 0.15) is 6.42 Å². The summed E-state index contributed by atoms with van der Waals surface area (Å²) in [6, 6.07) is 3.26. The maximum Gasteiger partial charge on any atom is 0.317 e. The van der Waals surface area contributed by atoms with Gasteiger partial charge < -0.3 is 9.72 Å². The molecule has 0 aliphatic rings. The third-order valence-corrected chi connectivity index (χ3v) is 1.50. The second-order valence-corrected chi connectivity index (χ2v) is 2.47. The van der Waals surface area contributed by atoms with Crippen LogP contribution < -0.4 is 5.56 Å². The molecule has 0 atom stereocenters. The van der Waals surface area contributed by atoms with Crippen LogP contribution >= 0.6 is 0 Å². The molecule has 72 valence electrons. The summed E-state index contributed by atoms with van der Waals surface area (Å²) in [5.74, 6) is 4.72. The van der Waals surface area contributed by atoms with Gasteiger partial charge in [-0.3, -0.25) is 9.59 Å². The first-order valence-electron chi connectivity index (χ1n) is 3.97. The van der Waals surface area contributed by atoms with E-state index in [2.05, 4.69) is 21.6 Å². The summed E-state index contributed by atoms with van der Waals surface area (Å²) in [6.07, 6.45) is 1.51. The first-order valence-corrected chi connectivity index (χ1v) is 3.97. The minimum atomic E-state index is -0.412. The maximum atomic E-state index is 11.1. The quantitative estimate of drug-likeness (QED) is 0.512. The van der Waals surface area contributed by atoms with E-state index in [0.717, 1.165) is 0 Å². The van der Waals surface area contributed by atoms with E-state index in [4.69, 9.17) is 0 Å². The molecule has 14 heavy (non-hydrogen) atoms. The molecule has 1 aromatic rings. The Hall–Kier alpha value is -2.02. The van der Waals surface area contributed by atoms with Crippen LogP contribution in [-0.4, -0.2) is 18.1 Å². The monoisotopic (exact) mass is 191 g/mol. The molecule has 0 radical (unpaired) electrons. The fraction of sp³-hybridized carbons (Fsp3) is 0.200. The van der Waals surface area contributed by atoms with Crippen LogP contribution in [-0.2, 0) is 9.53 Å². The second kappa shape index (κ2) is 4.87. The number of carbonyl (C=O) groups excluding carboxylic acids is 1. The van der Waals surface area contributed by atoms with Crippen LogP contribution in [0, 0.1) is 11.8 Å². The summed E-state index contributed by atoms with van der Waals surface area (Å²) in [4.78, 5) is 24.2. The van der Waals surface area contributed by atoms with Crippen molar-refractivity contribution in [3.05, 3.63) is 34.2 Å². The van der Waals surface area contributed by atoms with E-state index in [9.17, 15) is 9.59 Å². The molecule has 0 saturated carbocycles. The van der Waals surface area contributed by atoms with Crippen molar-refractivity contribution in [1.29, 1.82) is 0 Å². The number of hydrogen-bond donors (Lipinski definition) is 1. The van der Waals surface area contributed by atoms with E-state index in [1.807, 2.05) is 0 Å². The van der Waals surface area contributed by atoms with Crippen LogP contribution in [0.15, 0.2) is 23.1 Å². The van der Waals surface area contributed by atoms with Crippen molar-refractivity contribution in [2.75, 3.05) is 7.11 Å². The van der Waals surface area contributed by atoms with Crippen LogP contribution in [0.3, 0.4) is 0 Å². The molecule has 0 amide bonds. The highest BCUT2D eigenvalue weighted by atomic mass is 16.5. The zero-order chi connectivity index (χ0) is 10.4. The van der Waals surface area contributed by atoms with E-state index in [1.165, 1.54) is 13.3 Å². The summed E-state index contributed by atoms with van der Waals surface area (Å²) in [5, 5.41) is 0. The number of nitrogens with one attached hydrogen (secondary N) is 1. The fourth-order valence-corrected chi connectivity index (χ4v) is 0.804. The number of pyridine rings is 1. The highest BCUT2D eigenvalue weighted by molar-refractivity contribution is 5.72. The predicted molar refractivity (Wildman–Crippen MR) is 50.6 cm³/mol. The summed E-state index contributed by atoms with van der Waals surface area (Å²) >= 11 is 0. The number of ether oxygens (including phenoxy) is 1. The van der Waals surface area contributed by atoms with Crippen LogP contribution in [0.25, 0.3) is 0 Å². The van der Waals surface area contributed by atoms with Gasteiger partial charge in [-0.05, 0) is 12.1 Å². The Bertz CT molecular complexity index is 436. The smallest absolute Gasteiger partial charge is 0.317 e. The van der Waals surface area contributed by atoms with E-state index in [0.29, 0.717) is 5.56 Å². The Labute approximate surface area is 80.9 Å². The lowest BCUT2D eigenvalue weighted by Crippen LogP contribution is -2.07. The molecular weight excluding hydrogens is 182 g/mol. The Morgan fingerprint density at radius 3 is 3.07 bits per heavy atom. The largest absolute Gasteiger partial charge is 0.468 e. The van der Waals surface area contributed by atoms with Crippen LogP contribution in [0.5, 0.6) is 0 Å². The fourth-order valence-electron chi connectivity index (χ4n) is 0.804. The number of aromatic amines is 1. The number of methoxy groups -OCH3 is 1. The van der Waals surface area contributed by atoms with E-state index >= 15 is 0 Å². The van der Waals surface area contributed by atoms with E-state index in [-0.39, 0.29) is 12.0 Å². The van der Waals surface area contributed by atoms with Gasteiger partial charge >= 0.3 is 5.97 Å². The molecule has 0 aromatic carbocycles. The molecule has 0 fully saturated rings. The third-order valence-electron chi connectivity index (χ3n) is 1.50. The molecule has 1 heterocycles. The molecule has 1 rings (SSSR count). The molecule has 0 spiro atoms. The molecule has 0 unspecified atom stereocenters. The third kappa shape index (κ3) is 2.79. The van der Waals surface area contributed by atoms with Gasteiger partial charge in [0, 0.05) is 6.20 Å². The average molecular weight is 191 g/mol. The van der Waals surface area contributed by atoms with Gasteiger partial charge in [0.05, 0.1) is 12.7 Å². The van der Waals surface area contributed by atoms with Gasteiger partial charge in [0.15, 0.2) is 0 Å². The number of rotatable bonds is 1. The summed E-state index contributed by atoms with van der Waals surface area (Å²) in [7, 11) is 1.29. The van der Waals surface area contributed by atoms with Crippen molar-refractivity contribution >= 4 is 5.97 Å². The van der Waals surface area contributed by atoms with Crippen molar-refractivity contribution in [3.8, 4) is 11.8 Å². The number of esters is 1. The summed E-state index contributed by atoms with van der Waals surface area (Å²) in [5.41, 5.74) is 0.0845. The average Bonchev–Trinajstić information content (AvgIpc) is 2.20. The van der Waals surface area contributed by atoms with Gasteiger partial charge in [0.2, 0.25) is 0 Å². The van der Waals surface area contributed by atoms with Gasteiger partial charge in [-0.25, -0.2) is 0 Å². The first kappa shape index (κ1) is 10.1. The van der Waals surface area contributed by atoms with Crippen LogP contribution in [0.2, 0.25) is 0 Å². The van der Waals surface area contributed by atoms with Crippen LogP contribution in [0.4, 0.5) is 0 Å². The van der Waals surface area contributed by atoms with Gasteiger partial charge in [0.25, 0.3) is 5.56 Å². The second-order valence-electron chi connectivity index (χ2n) is 2.47. The lowest BCUT2D eigenvalue weighted by atomic mass is 10.3. The van der Waals surface area contributed by atoms with Crippen LogP contribution in [0.1, 0.15) is 12.0 Å². The SMILES string of the molecule is COC(=O)CC#Cc1ccc[nH]c1=O. The van der Waals surface area contributed by atoms with Crippen molar-refractivity contribution in [3.63, 3.8) is 0 Å². The van der Waals surface area contributed by atoms with E-state index < -0.39 is 5.97 Å². The Morgan fingerprint density at radius 1 is 1.64 bits per heavy atom. The highest BCUT2D eigenvalue weighted by Crippen LogP contribution is 1.86. The minimum Gasteiger partial charge on any atom is -0.468 e. The zero-order valence-electron chi connectivity index (χ0n) is 7.66. The molecule has 4 nitrogen and oxygen atoms in total. The van der Waals surface area contributed by atoms with Crippen molar-refractivity contribution in [1.82, 2.24) is 4.98 Å². The van der Waals surface area contributed by atoms with Crippen molar-refractivity contribution in [2.24, 2.45) is 0 Å². The molecule has 0 bridgehead atoms. The topological polar surface area (TPSA) is 59.2 Å². The molecular formula is C10H9NO3. The maximum absolute atomic E-state index is 11.1. The number of aromatic nitrogens is 1. The predicted octanol–water partition coefficient (Wildman–Crippen LogP) is 0.290. The zero-order valence-corrected chi connectivity index (χ0v) is 7.66. The van der Waals surface area contributed by atoms with E-state index in [1.54, 1.807) is 12.1 Å². The summed E-state index contributed by atoms with van der Waals surface area (Å²) in [6.45, 7) is 0. The molecule has 0 saturated heterocycles. The standard InChI is InChI=1S/C10H9NO3/c1-14-9(12)6-2-4-8-5-3-7-11-10(8)13/h3,5,7H,6H2,1H3,(H,11,13). The number of H-pyrrole nitrogens is 1. The molecule has 0 aliphatic carbocycles. The number of carbonyl (C=O) groups is 1. The molecule has 1 aromatic heterocycles. The lowest BCUT2D eigenvalue weighted by molar-refractivity contribution is -0.139. The minimum absolute atomic E-state index is 0.00909. The lowest BCUT2D eigenvalue weighted by Gasteiger charge is -1.89. The normalized spacial score (nSPS) is 8.64. The summed E-state index contributed by atoms with van der Waals surface area (Å²) < 4.78 is 4.39. The molecule has 1 N–H and O–H groups in total. The Balaban J connectivity index is 2.74. The van der Waals surface area contributed by atoms with Crippen molar-refractivity contribution in [2.45, 2.75) is 6.42 Å². The molecule has 0 aliphatic heterocycles. The Kier molecular flexibility index (Phi) is 3.50. The van der Waals surface area contributed by atoms with Gasteiger partial charge in [-0.2, -0.15) is 0 Å². The highest BCUT2D eigenvalue weighted by Gasteiger charge is 1.95. The molecule has 4 heteroatoms.